The van der Waals surface area contributed by atoms with Gasteiger partial charge in [-0.2, -0.15) is 0 Å². The molecule has 10 heteroatoms. The topological polar surface area (TPSA) is 138 Å². The van der Waals surface area contributed by atoms with Crippen molar-refractivity contribution in [1.29, 1.82) is 0 Å². The number of β-amino-alcohol motifs (C(OH)–C–C–N with tert-alkyl or cyclic N) is 1. The maximum absolute atomic E-state index is 13.8. The summed E-state index contributed by atoms with van der Waals surface area (Å²) in [6, 6.07) is 6.10. The number of carbonyl (C=O) groups excluding carboxylic acids is 3. The molecular formula is C33H51N5O4S. The van der Waals surface area contributed by atoms with Crippen LogP contribution in [0.25, 0.3) is 10.4 Å². The Morgan fingerprint density at radius 2 is 1.67 bits per heavy atom. The molecule has 43 heavy (non-hydrogen) atoms. The molecule has 1 aromatic carbocycles. The number of nitrogens with two attached hydrogens (primary N) is 1. The number of aliphatic hydroxyl groups is 1. The lowest BCUT2D eigenvalue weighted by atomic mass is 9.85. The van der Waals surface area contributed by atoms with Crippen molar-refractivity contribution in [1.82, 2.24) is 20.5 Å². The molecule has 0 bridgehead atoms. The normalized spacial score (nSPS) is 18.3. The van der Waals surface area contributed by atoms with Gasteiger partial charge in [-0.3, -0.25) is 14.4 Å². The van der Waals surface area contributed by atoms with Crippen LogP contribution in [0.4, 0.5) is 0 Å². The van der Waals surface area contributed by atoms with Gasteiger partial charge in [-0.1, -0.05) is 77.1 Å². The Morgan fingerprint density at radius 1 is 1.05 bits per heavy atom. The Balaban J connectivity index is 1.58. The van der Waals surface area contributed by atoms with E-state index in [1.165, 1.54) is 11.3 Å². The first-order valence-electron chi connectivity index (χ1n) is 15.7. The minimum absolute atomic E-state index is 0.0564. The molecule has 0 radical (unpaired) electrons. The monoisotopic (exact) mass is 613 g/mol. The second kappa shape index (κ2) is 16.3. The van der Waals surface area contributed by atoms with E-state index < -0.39 is 23.6 Å². The first-order chi connectivity index (χ1) is 20.4. The molecule has 0 aliphatic carbocycles. The van der Waals surface area contributed by atoms with E-state index >= 15 is 0 Å². The zero-order valence-electron chi connectivity index (χ0n) is 26.5. The van der Waals surface area contributed by atoms with Gasteiger partial charge in [0, 0.05) is 19.4 Å². The fourth-order valence-electron chi connectivity index (χ4n) is 5.56. The van der Waals surface area contributed by atoms with Gasteiger partial charge in [0.15, 0.2) is 0 Å². The molecule has 1 aliphatic heterocycles. The first-order valence-corrected chi connectivity index (χ1v) is 16.6. The lowest BCUT2D eigenvalue weighted by molar-refractivity contribution is -0.144. The Hall–Kier alpha value is -2.82. The number of hydrogen-bond donors (Lipinski definition) is 4. The van der Waals surface area contributed by atoms with Crippen LogP contribution in [0.5, 0.6) is 0 Å². The molecule has 4 unspecified atom stereocenters. The maximum atomic E-state index is 13.8. The second-order valence-electron chi connectivity index (χ2n) is 12.9. The Kier molecular flexibility index (Phi) is 13.1. The van der Waals surface area contributed by atoms with Gasteiger partial charge in [0.25, 0.3) is 0 Å². The van der Waals surface area contributed by atoms with Crippen LogP contribution in [-0.4, -0.2) is 64.0 Å². The summed E-state index contributed by atoms with van der Waals surface area (Å²) in [6.45, 7) is 10.4. The van der Waals surface area contributed by atoms with E-state index in [0.29, 0.717) is 6.42 Å². The third-order valence-corrected chi connectivity index (χ3v) is 9.15. The van der Waals surface area contributed by atoms with Gasteiger partial charge >= 0.3 is 0 Å². The van der Waals surface area contributed by atoms with Crippen LogP contribution in [-0.2, 0) is 14.4 Å². The fraction of sp³-hybridized carbons (Fsp3) is 0.636. The number of nitrogens with one attached hydrogen (secondary N) is 2. The number of aliphatic hydroxyl groups excluding tert-OH is 1. The van der Waals surface area contributed by atoms with Crippen molar-refractivity contribution in [2.45, 2.75) is 117 Å². The number of hydrogen-bond acceptors (Lipinski definition) is 7. The molecule has 0 spiro atoms. The number of benzene rings is 1. The molecule has 3 amide bonds. The summed E-state index contributed by atoms with van der Waals surface area (Å²) in [7, 11) is 0. The average molecular weight is 614 g/mol. The van der Waals surface area contributed by atoms with E-state index in [1.54, 1.807) is 11.3 Å². The van der Waals surface area contributed by atoms with Gasteiger partial charge in [-0.05, 0) is 49.8 Å². The number of aryl methyl sites for hydroxylation is 1. The molecule has 1 saturated heterocycles. The highest BCUT2D eigenvalue weighted by atomic mass is 32.1. The number of carbonyl (C=O) groups is 3. The van der Waals surface area contributed by atoms with E-state index in [-0.39, 0.29) is 36.7 Å². The SMILES string of the molecule is Cc1ncsc1-c1ccc(C(C)NC(=O)C2CC(O)CN2C(=O)C(NC(=O)CCCCCCCCCN)C(C)(C)C)cc1. The van der Waals surface area contributed by atoms with E-state index in [1.807, 2.05) is 64.4 Å². The van der Waals surface area contributed by atoms with Crippen molar-refractivity contribution in [3.05, 3.63) is 41.0 Å². The molecule has 2 aromatic rings. The number of unbranched alkanes of at least 4 members (excludes halogenated alkanes) is 6. The van der Waals surface area contributed by atoms with Crippen molar-refractivity contribution in [3.63, 3.8) is 0 Å². The van der Waals surface area contributed by atoms with Crippen LogP contribution < -0.4 is 16.4 Å². The first kappa shape index (κ1) is 34.7. The van der Waals surface area contributed by atoms with Crippen molar-refractivity contribution in [2.24, 2.45) is 11.1 Å². The zero-order valence-corrected chi connectivity index (χ0v) is 27.3. The highest BCUT2D eigenvalue weighted by molar-refractivity contribution is 7.13. The number of likely N-dealkylation sites (tertiary alicyclic amines) is 1. The van der Waals surface area contributed by atoms with Crippen LogP contribution in [0.15, 0.2) is 29.8 Å². The number of rotatable bonds is 15. The van der Waals surface area contributed by atoms with Crippen LogP contribution in [0.1, 0.15) is 103 Å². The standard InChI is InChI=1S/C33H51N5O4S/c1-22(24-14-16-25(17-15-24)29-23(2)35-21-43-29)36-31(41)27-19-26(39)20-38(27)32(42)30(33(3,4)5)37-28(40)13-11-9-7-6-8-10-12-18-34/h14-17,21-22,26-27,30,39H,6-13,18-20,34H2,1-5H3,(H,36,41)(H,37,40). The predicted molar refractivity (Wildman–Crippen MR) is 172 cm³/mol. The molecule has 4 atom stereocenters. The van der Waals surface area contributed by atoms with E-state index in [4.69, 9.17) is 5.73 Å². The Labute approximate surface area is 261 Å². The van der Waals surface area contributed by atoms with Crippen molar-refractivity contribution in [2.75, 3.05) is 13.1 Å². The predicted octanol–water partition coefficient (Wildman–Crippen LogP) is 4.87. The van der Waals surface area contributed by atoms with Gasteiger partial charge in [-0.25, -0.2) is 4.98 Å². The van der Waals surface area contributed by atoms with Crippen LogP contribution in [0, 0.1) is 12.3 Å². The Morgan fingerprint density at radius 3 is 2.26 bits per heavy atom. The molecule has 5 N–H and O–H groups in total. The smallest absolute Gasteiger partial charge is 0.246 e. The van der Waals surface area contributed by atoms with E-state index in [0.717, 1.165) is 66.8 Å². The van der Waals surface area contributed by atoms with Crippen molar-refractivity contribution < 1.29 is 19.5 Å². The van der Waals surface area contributed by atoms with Crippen LogP contribution in [0.3, 0.4) is 0 Å². The zero-order chi connectivity index (χ0) is 31.6. The van der Waals surface area contributed by atoms with Crippen molar-refractivity contribution in [3.8, 4) is 10.4 Å². The van der Waals surface area contributed by atoms with Gasteiger partial charge in [0.1, 0.15) is 12.1 Å². The van der Waals surface area contributed by atoms with Crippen LogP contribution >= 0.6 is 11.3 Å². The third kappa shape index (κ3) is 10.1. The summed E-state index contributed by atoms with van der Waals surface area (Å²) in [5, 5.41) is 16.5. The number of amides is 3. The summed E-state index contributed by atoms with van der Waals surface area (Å²) in [5.41, 5.74) is 9.79. The highest BCUT2D eigenvalue weighted by Crippen LogP contribution is 2.29. The molecule has 0 saturated carbocycles. The summed E-state index contributed by atoms with van der Waals surface area (Å²) in [4.78, 5) is 47.0. The lowest BCUT2D eigenvalue weighted by Gasteiger charge is -2.35. The fourth-order valence-corrected chi connectivity index (χ4v) is 6.37. The minimum Gasteiger partial charge on any atom is -0.391 e. The quantitative estimate of drug-likeness (QED) is 0.212. The summed E-state index contributed by atoms with van der Waals surface area (Å²) >= 11 is 1.59. The molecule has 238 valence electrons. The van der Waals surface area contributed by atoms with Crippen LogP contribution in [0.2, 0.25) is 0 Å². The highest BCUT2D eigenvalue weighted by Gasteiger charge is 2.44. The maximum Gasteiger partial charge on any atom is 0.246 e. The lowest BCUT2D eigenvalue weighted by Crippen LogP contribution is -2.57. The molecule has 1 aromatic heterocycles. The molecule has 2 heterocycles. The summed E-state index contributed by atoms with van der Waals surface area (Å²) in [5.74, 6) is -0.817. The average Bonchev–Trinajstić information content (AvgIpc) is 3.57. The van der Waals surface area contributed by atoms with E-state index in [9.17, 15) is 19.5 Å². The van der Waals surface area contributed by atoms with Gasteiger partial charge < -0.3 is 26.4 Å². The number of aromatic nitrogens is 1. The van der Waals surface area contributed by atoms with Gasteiger partial charge in [0.2, 0.25) is 17.7 Å². The largest absolute Gasteiger partial charge is 0.391 e. The van der Waals surface area contributed by atoms with Gasteiger partial charge in [0.05, 0.1) is 28.2 Å². The third-order valence-electron chi connectivity index (χ3n) is 8.17. The van der Waals surface area contributed by atoms with Gasteiger partial charge in [-0.15, -0.1) is 11.3 Å². The molecule has 1 fully saturated rings. The molecule has 1 aliphatic rings. The summed E-state index contributed by atoms with van der Waals surface area (Å²) in [6.07, 6.45) is 7.03. The Bertz CT molecular complexity index is 1190. The summed E-state index contributed by atoms with van der Waals surface area (Å²) < 4.78 is 0. The van der Waals surface area contributed by atoms with E-state index in [2.05, 4.69) is 15.6 Å². The second-order valence-corrected chi connectivity index (χ2v) is 13.7. The molecule has 9 nitrogen and oxygen atoms in total. The van der Waals surface area contributed by atoms with Crippen molar-refractivity contribution >= 4 is 29.1 Å². The minimum atomic E-state index is -0.815. The molecular weight excluding hydrogens is 562 g/mol. The number of nitrogens with zero attached hydrogens (tertiary/aromatic N) is 2. The number of thiazole rings is 1. The molecule has 3 rings (SSSR count).